The van der Waals surface area contributed by atoms with Crippen LogP contribution in [0.5, 0.6) is 0 Å². The molecule has 0 spiro atoms. The Balaban J connectivity index is 1.50. The minimum Gasteiger partial charge on any atom is -0.345 e. The number of amides is 2. The maximum absolute atomic E-state index is 13.5. The lowest BCUT2D eigenvalue weighted by Crippen LogP contribution is -2.24. The summed E-state index contributed by atoms with van der Waals surface area (Å²) in [7, 11) is 0. The Hall–Kier alpha value is -3.64. The maximum Gasteiger partial charge on any atom is 0.251 e. The molecule has 35 heavy (non-hydrogen) atoms. The van der Waals surface area contributed by atoms with Gasteiger partial charge in [-0.05, 0) is 68.3 Å². The standard InChI is InChI=1S/C23H22FN7O2S2/c1-13-4-5-16(10-14(13)2)21(33)25-11-19-28-30-23(31(19)18-8-6-17(24)7-9-18)34-12-20(32)26-22-29-27-15(3)35-22/h4-10H,11-12H2,1-3H3,(H,25,33)(H,26,29,32). The van der Waals surface area contributed by atoms with E-state index in [-0.39, 0.29) is 29.9 Å². The van der Waals surface area contributed by atoms with Crippen molar-refractivity contribution in [3.8, 4) is 5.69 Å². The number of carbonyl (C=O) groups excluding carboxylic acids is 2. The summed E-state index contributed by atoms with van der Waals surface area (Å²) < 4.78 is 15.2. The lowest BCUT2D eigenvalue weighted by molar-refractivity contribution is -0.113. The van der Waals surface area contributed by atoms with Gasteiger partial charge < -0.3 is 5.32 Å². The summed E-state index contributed by atoms with van der Waals surface area (Å²) in [6.07, 6.45) is 0. The number of hydrogen-bond donors (Lipinski definition) is 2. The van der Waals surface area contributed by atoms with Crippen LogP contribution >= 0.6 is 23.1 Å². The lowest BCUT2D eigenvalue weighted by atomic mass is 10.1. The van der Waals surface area contributed by atoms with Crippen LogP contribution in [0.1, 0.15) is 32.3 Å². The van der Waals surface area contributed by atoms with E-state index in [1.54, 1.807) is 29.7 Å². The molecule has 4 rings (SSSR count). The number of nitrogens with one attached hydrogen (secondary N) is 2. The van der Waals surface area contributed by atoms with Gasteiger partial charge in [0.2, 0.25) is 11.0 Å². The average Bonchev–Trinajstić information content (AvgIpc) is 3.44. The predicted molar refractivity (Wildman–Crippen MR) is 132 cm³/mol. The highest BCUT2D eigenvalue weighted by Gasteiger charge is 2.18. The van der Waals surface area contributed by atoms with Gasteiger partial charge in [-0.15, -0.1) is 20.4 Å². The molecule has 0 atom stereocenters. The zero-order chi connectivity index (χ0) is 24.9. The molecule has 2 amide bonds. The SMILES string of the molecule is Cc1nnc(NC(=O)CSc2nnc(CNC(=O)c3ccc(C)c(C)c3)n2-c2ccc(F)cc2)s1. The molecular weight excluding hydrogens is 489 g/mol. The van der Waals surface area contributed by atoms with Crippen molar-refractivity contribution in [1.82, 2.24) is 30.3 Å². The monoisotopic (exact) mass is 511 g/mol. The number of aromatic nitrogens is 5. The summed E-state index contributed by atoms with van der Waals surface area (Å²) in [5.41, 5.74) is 3.27. The van der Waals surface area contributed by atoms with E-state index in [9.17, 15) is 14.0 Å². The molecule has 2 heterocycles. The van der Waals surface area contributed by atoms with E-state index in [2.05, 4.69) is 31.0 Å². The quantitative estimate of drug-likeness (QED) is 0.345. The normalized spacial score (nSPS) is 10.9. The van der Waals surface area contributed by atoms with Gasteiger partial charge in [-0.25, -0.2) is 4.39 Å². The summed E-state index contributed by atoms with van der Waals surface area (Å²) in [5.74, 6) is -0.414. The molecule has 12 heteroatoms. The van der Waals surface area contributed by atoms with Gasteiger partial charge >= 0.3 is 0 Å². The van der Waals surface area contributed by atoms with Crippen molar-refractivity contribution in [3.05, 3.63) is 75.8 Å². The van der Waals surface area contributed by atoms with E-state index in [1.165, 1.54) is 23.5 Å². The van der Waals surface area contributed by atoms with E-state index in [0.29, 0.717) is 27.4 Å². The van der Waals surface area contributed by atoms with Crippen LogP contribution in [0.2, 0.25) is 0 Å². The smallest absolute Gasteiger partial charge is 0.251 e. The molecule has 0 bridgehead atoms. The van der Waals surface area contributed by atoms with Crippen molar-refractivity contribution in [2.75, 3.05) is 11.1 Å². The Labute approximate surface area is 209 Å². The van der Waals surface area contributed by atoms with Crippen molar-refractivity contribution in [2.24, 2.45) is 0 Å². The van der Waals surface area contributed by atoms with Crippen LogP contribution in [-0.4, -0.2) is 42.5 Å². The fourth-order valence-corrected chi connectivity index (χ4v) is 4.51. The Morgan fingerprint density at radius 3 is 2.46 bits per heavy atom. The van der Waals surface area contributed by atoms with Gasteiger partial charge in [0, 0.05) is 11.3 Å². The molecule has 0 fully saturated rings. The fourth-order valence-electron chi connectivity index (χ4n) is 3.13. The Morgan fingerprint density at radius 1 is 1.00 bits per heavy atom. The second-order valence-corrected chi connectivity index (χ2v) is 9.78. The molecule has 2 aromatic carbocycles. The van der Waals surface area contributed by atoms with Crippen molar-refractivity contribution < 1.29 is 14.0 Å². The molecule has 4 aromatic rings. The van der Waals surface area contributed by atoms with Gasteiger partial charge in [0.15, 0.2) is 11.0 Å². The number of hydrogen-bond acceptors (Lipinski definition) is 8. The Bertz CT molecular complexity index is 1370. The van der Waals surface area contributed by atoms with Crippen molar-refractivity contribution in [2.45, 2.75) is 32.5 Å². The summed E-state index contributed by atoms with van der Waals surface area (Å²) in [6.45, 7) is 5.82. The number of thioether (sulfide) groups is 1. The van der Waals surface area contributed by atoms with Crippen LogP contribution in [0.25, 0.3) is 5.69 Å². The van der Waals surface area contributed by atoms with Crippen LogP contribution in [0.15, 0.2) is 47.6 Å². The van der Waals surface area contributed by atoms with Gasteiger partial charge in [0.25, 0.3) is 5.91 Å². The molecule has 2 N–H and O–H groups in total. The van der Waals surface area contributed by atoms with Crippen molar-refractivity contribution >= 4 is 40.0 Å². The third-order valence-electron chi connectivity index (χ3n) is 5.07. The molecular formula is C23H22FN7O2S2. The molecule has 0 radical (unpaired) electrons. The van der Waals surface area contributed by atoms with Crippen LogP contribution in [0, 0.1) is 26.6 Å². The number of aryl methyl sites for hydroxylation is 3. The van der Waals surface area contributed by atoms with Gasteiger partial charge in [-0.1, -0.05) is 29.2 Å². The number of halogens is 1. The first-order chi connectivity index (χ1) is 16.8. The van der Waals surface area contributed by atoms with E-state index < -0.39 is 0 Å². The fraction of sp³-hybridized carbons (Fsp3) is 0.217. The van der Waals surface area contributed by atoms with Gasteiger partial charge in [0.1, 0.15) is 10.8 Å². The number of carbonyl (C=O) groups is 2. The molecule has 0 aliphatic heterocycles. The summed E-state index contributed by atoms with van der Waals surface area (Å²) in [5, 5.41) is 23.3. The largest absolute Gasteiger partial charge is 0.345 e. The Kier molecular flexibility index (Phi) is 7.51. The summed E-state index contributed by atoms with van der Waals surface area (Å²) in [4.78, 5) is 25.0. The maximum atomic E-state index is 13.5. The predicted octanol–water partition coefficient (Wildman–Crippen LogP) is 3.84. The second-order valence-electron chi connectivity index (χ2n) is 7.66. The molecule has 0 saturated heterocycles. The highest BCUT2D eigenvalue weighted by atomic mass is 32.2. The third-order valence-corrected chi connectivity index (χ3v) is 6.75. The lowest BCUT2D eigenvalue weighted by Gasteiger charge is -2.11. The topological polar surface area (TPSA) is 115 Å². The number of anilines is 1. The zero-order valence-corrected chi connectivity index (χ0v) is 20.8. The van der Waals surface area contributed by atoms with E-state index in [4.69, 9.17) is 0 Å². The molecule has 0 unspecified atom stereocenters. The minimum absolute atomic E-state index is 0.0486. The molecule has 0 saturated carbocycles. The minimum atomic E-state index is -0.382. The highest BCUT2D eigenvalue weighted by molar-refractivity contribution is 7.99. The van der Waals surface area contributed by atoms with E-state index in [1.807, 2.05) is 26.0 Å². The molecule has 180 valence electrons. The molecule has 0 aliphatic rings. The van der Waals surface area contributed by atoms with Crippen LogP contribution in [-0.2, 0) is 11.3 Å². The highest BCUT2D eigenvalue weighted by Crippen LogP contribution is 2.23. The van der Waals surface area contributed by atoms with Crippen LogP contribution in [0.3, 0.4) is 0 Å². The van der Waals surface area contributed by atoms with Gasteiger partial charge in [-0.2, -0.15) is 0 Å². The second kappa shape index (κ2) is 10.7. The average molecular weight is 512 g/mol. The van der Waals surface area contributed by atoms with Crippen molar-refractivity contribution in [3.63, 3.8) is 0 Å². The van der Waals surface area contributed by atoms with Crippen LogP contribution in [0.4, 0.5) is 9.52 Å². The third kappa shape index (κ3) is 6.08. The first kappa shape index (κ1) is 24.5. The van der Waals surface area contributed by atoms with E-state index in [0.717, 1.165) is 27.9 Å². The zero-order valence-electron chi connectivity index (χ0n) is 19.2. The van der Waals surface area contributed by atoms with E-state index >= 15 is 0 Å². The van der Waals surface area contributed by atoms with Crippen molar-refractivity contribution in [1.29, 1.82) is 0 Å². The van der Waals surface area contributed by atoms with Gasteiger partial charge in [0.05, 0.1) is 12.3 Å². The first-order valence-electron chi connectivity index (χ1n) is 10.6. The first-order valence-corrected chi connectivity index (χ1v) is 12.4. The molecule has 9 nitrogen and oxygen atoms in total. The molecule has 0 aliphatic carbocycles. The summed E-state index contributed by atoms with van der Waals surface area (Å²) in [6, 6.07) is 11.3. The van der Waals surface area contributed by atoms with Crippen LogP contribution < -0.4 is 10.6 Å². The van der Waals surface area contributed by atoms with Gasteiger partial charge in [-0.3, -0.25) is 19.5 Å². The number of rotatable bonds is 8. The number of nitrogens with zero attached hydrogens (tertiary/aromatic N) is 5. The Morgan fingerprint density at radius 2 is 1.77 bits per heavy atom. The number of benzene rings is 2. The summed E-state index contributed by atoms with van der Waals surface area (Å²) >= 11 is 2.44. The molecule has 2 aromatic heterocycles.